The van der Waals surface area contributed by atoms with Crippen LogP contribution in [0.5, 0.6) is 0 Å². The van der Waals surface area contributed by atoms with Crippen LogP contribution in [0.15, 0.2) is 48.5 Å². The van der Waals surface area contributed by atoms with Gasteiger partial charge in [-0.15, -0.1) is 0 Å². The lowest BCUT2D eigenvalue weighted by atomic mass is 10.1. The van der Waals surface area contributed by atoms with E-state index in [1.807, 2.05) is 30.3 Å². The molecule has 3 rings (SSSR count). The number of fused-ring (bicyclic) bond motifs is 1. The maximum Gasteiger partial charge on any atom is 0.162 e. The fraction of sp³-hybridized carbons (Fsp3) is 0.263. The molecule has 3 nitrogen and oxygen atoms in total. The number of rotatable bonds is 2. The Morgan fingerprint density at radius 1 is 0.909 bits per heavy atom. The summed E-state index contributed by atoms with van der Waals surface area (Å²) in [5.41, 5.74) is 3.15. The molecule has 0 spiro atoms. The molecule has 0 aliphatic rings. The van der Waals surface area contributed by atoms with E-state index in [-0.39, 0.29) is 5.54 Å². The molecule has 0 radical (unpaired) electrons. The lowest BCUT2D eigenvalue weighted by Crippen LogP contribution is -2.27. The fourth-order valence-electron chi connectivity index (χ4n) is 2.41. The highest BCUT2D eigenvalue weighted by molar-refractivity contribution is 5.91. The topological polar surface area (TPSA) is 37.8 Å². The molecule has 0 fully saturated rings. The summed E-state index contributed by atoms with van der Waals surface area (Å²) in [7, 11) is 0. The van der Waals surface area contributed by atoms with Crippen LogP contribution in [0, 0.1) is 6.92 Å². The highest BCUT2D eigenvalue weighted by Crippen LogP contribution is 2.27. The molecule has 3 aromatic rings. The van der Waals surface area contributed by atoms with Crippen LogP contribution in [-0.4, -0.2) is 15.5 Å². The molecule has 2 aromatic carbocycles. The second-order valence-corrected chi connectivity index (χ2v) is 6.66. The molecule has 0 bridgehead atoms. The number of hydrogen-bond acceptors (Lipinski definition) is 3. The van der Waals surface area contributed by atoms with Crippen molar-refractivity contribution in [3.05, 3.63) is 54.1 Å². The van der Waals surface area contributed by atoms with Crippen LogP contribution in [0.1, 0.15) is 26.3 Å². The highest BCUT2D eigenvalue weighted by atomic mass is 15.1. The van der Waals surface area contributed by atoms with Gasteiger partial charge in [-0.3, -0.25) is 0 Å². The van der Waals surface area contributed by atoms with Crippen molar-refractivity contribution in [2.24, 2.45) is 0 Å². The van der Waals surface area contributed by atoms with Gasteiger partial charge in [0.05, 0.1) is 5.52 Å². The summed E-state index contributed by atoms with van der Waals surface area (Å²) in [5, 5.41) is 4.57. The minimum atomic E-state index is -0.0566. The molecule has 0 saturated heterocycles. The van der Waals surface area contributed by atoms with Gasteiger partial charge in [0.25, 0.3) is 0 Å². The fourth-order valence-corrected chi connectivity index (χ4v) is 2.41. The van der Waals surface area contributed by atoms with E-state index in [1.165, 1.54) is 5.56 Å². The molecule has 0 aliphatic carbocycles. The average molecular weight is 291 g/mol. The van der Waals surface area contributed by atoms with E-state index in [4.69, 9.17) is 9.97 Å². The predicted octanol–water partition coefficient (Wildman–Crippen LogP) is 4.82. The Kier molecular flexibility index (Phi) is 3.57. The summed E-state index contributed by atoms with van der Waals surface area (Å²) in [5.74, 6) is 1.64. The monoisotopic (exact) mass is 291 g/mol. The Morgan fingerprint density at radius 2 is 1.64 bits per heavy atom. The van der Waals surface area contributed by atoms with Crippen LogP contribution in [0.4, 0.5) is 5.82 Å². The molecule has 0 atom stereocenters. The Balaban J connectivity index is 2.22. The summed E-state index contributed by atoms with van der Waals surface area (Å²) < 4.78 is 0. The molecule has 0 amide bonds. The number of anilines is 1. The molecule has 3 heteroatoms. The molecule has 1 heterocycles. The Bertz CT molecular complexity index is 802. The summed E-state index contributed by atoms with van der Waals surface area (Å²) in [6.45, 7) is 8.50. The van der Waals surface area contributed by atoms with Crippen LogP contribution in [-0.2, 0) is 0 Å². The van der Waals surface area contributed by atoms with E-state index in [0.717, 1.165) is 28.1 Å². The van der Waals surface area contributed by atoms with Gasteiger partial charge in [-0.25, -0.2) is 9.97 Å². The van der Waals surface area contributed by atoms with Gasteiger partial charge in [-0.05, 0) is 39.8 Å². The van der Waals surface area contributed by atoms with Gasteiger partial charge >= 0.3 is 0 Å². The first-order valence-electron chi connectivity index (χ1n) is 7.54. The first-order chi connectivity index (χ1) is 10.4. The van der Waals surface area contributed by atoms with Crippen molar-refractivity contribution in [1.29, 1.82) is 0 Å². The van der Waals surface area contributed by atoms with Crippen molar-refractivity contribution in [2.75, 3.05) is 5.32 Å². The zero-order valence-corrected chi connectivity index (χ0v) is 13.5. The predicted molar refractivity (Wildman–Crippen MR) is 93.1 cm³/mol. The molecular formula is C19H21N3. The number of aryl methyl sites for hydroxylation is 1. The summed E-state index contributed by atoms with van der Waals surface area (Å²) >= 11 is 0. The van der Waals surface area contributed by atoms with Gasteiger partial charge in [0.1, 0.15) is 5.82 Å². The van der Waals surface area contributed by atoms with Crippen molar-refractivity contribution in [3.8, 4) is 11.4 Å². The minimum Gasteiger partial charge on any atom is -0.365 e. The zero-order valence-electron chi connectivity index (χ0n) is 13.5. The lowest BCUT2D eigenvalue weighted by molar-refractivity contribution is 0.631. The maximum absolute atomic E-state index is 4.78. The van der Waals surface area contributed by atoms with Crippen molar-refractivity contribution in [1.82, 2.24) is 9.97 Å². The van der Waals surface area contributed by atoms with Crippen molar-refractivity contribution >= 4 is 16.7 Å². The van der Waals surface area contributed by atoms with E-state index in [0.29, 0.717) is 0 Å². The van der Waals surface area contributed by atoms with E-state index in [1.54, 1.807) is 0 Å². The number of nitrogens with one attached hydrogen (secondary N) is 1. The highest BCUT2D eigenvalue weighted by Gasteiger charge is 2.15. The first kappa shape index (κ1) is 14.5. The van der Waals surface area contributed by atoms with Crippen LogP contribution >= 0.6 is 0 Å². The second-order valence-electron chi connectivity index (χ2n) is 6.66. The molecule has 22 heavy (non-hydrogen) atoms. The first-order valence-corrected chi connectivity index (χ1v) is 7.54. The largest absolute Gasteiger partial charge is 0.365 e. The van der Waals surface area contributed by atoms with Crippen molar-refractivity contribution in [2.45, 2.75) is 33.2 Å². The van der Waals surface area contributed by atoms with Crippen LogP contribution in [0.25, 0.3) is 22.3 Å². The zero-order chi connectivity index (χ0) is 15.7. The molecule has 112 valence electrons. The van der Waals surface area contributed by atoms with Gasteiger partial charge in [-0.2, -0.15) is 0 Å². The lowest BCUT2D eigenvalue weighted by Gasteiger charge is -2.23. The quantitative estimate of drug-likeness (QED) is 0.736. The third-order valence-corrected chi connectivity index (χ3v) is 3.38. The molecule has 1 aromatic heterocycles. The Morgan fingerprint density at radius 3 is 2.32 bits per heavy atom. The van der Waals surface area contributed by atoms with E-state index in [9.17, 15) is 0 Å². The Labute approximate surface area is 131 Å². The molecule has 0 aliphatic heterocycles. The van der Waals surface area contributed by atoms with Crippen LogP contribution in [0.2, 0.25) is 0 Å². The molecule has 0 saturated carbocycles. The van der Waals surface area contributed by atoms with Gasteiger partial charge in [0.15, 0.2) is 5.82 Å². The van der Waals surface area contributed by atoms with E-state index < -0.39 is 0 Å². The van der Waals surface area contributed by atoms with E-state index in [2.05, 4.69) is 51.2 Å². The average Bonchev–Trinajstić information content (AvgIpc) is 2.47. The number of aromatic nitrogens is 2. The van der Waals surface area contributed by atoms with Gasteiger partial charge < -0.3 is 5.32 Å². The Hall–Kier alpha value is -2.42. The van der Waals surface area contributed by atoms with Gasteiger partial charge in [0, 0.05) is 16.5 Å². The third-order valence-electron chi connectivity index (χ3n) is 3.38. The summed E-state index contributed by atoms with van der Waals surface area (Å²) in [6, 6.07) is 16.4. The molecular weight excluding hydrogens is 270 g/mol. The standard InChI is InChI=1S/C19H21N3/c1-13-10-11-16-15(12-13)18(22-19(2,3)4)21-17(20-16)14-8-6-5-7-9-14/h5-12H,1-4H3,(H,20,21,22). The van der Waals surface area contributed by atoms with Gasteiger partial charge in [-0.1, -0.05) is 42.0 Å². The molecule has 0 unspecified atom stereocenters. The maximum atomic E-state index is 4.78. The van der Waals surface area contributed by atoms with Gasteiger partial charge in [0.2, 0.25) is 0 Å². The summed E-state index contributed by atoms with van der Waals surface area (Å²) in [4.78, 5) is 9.50. The normalized spacial score (nSPS) is 11.6. The smallest absolute Gasteiger partial charge is 0.162 e. The van der Waals surface area contributed by atoms with Crippen molar-refractivity contribution < 1.29 is 0 Å². The number of benzene rings is 2. The third kappa shape index (κ3) is 3.08. The second kappa shape index (κ2) is 5.41. The molecule has 1 N–H and O–H groups in total. The minimum absolute atomic E-state index is 0.0566. The SMILES string of the molecule is Cc1ccc2nc(-c3ccccc3)nc(NC(C)(C)C)c2c1. The number of nitrogens with zero attached hydrogens (tertiary/aromatic N) is 2. The number of hydrogen-bond donors (Lipinski definition) is 1. The van der Waals surface area contributed by atoms with Crippen LogP contribution in [0.3, 0.4) is 0 Å². The van der Waals surface area contributed by atoms with Crippen LogP contribution < -0.4 is 5.32 Å². The van der Waals surface area contributed by atoms with Crippen molar-refractivity contribution in [3.63, 3.8) is 0 Å². The van der Waals surface area contributed by atoms with E-state index >= 15 is 0 Å². The summed E-state index contributed by atoms with van der Waals surface area (Å²) in [6.07, 6.45) is 0.